The first kappa shape index (κ1) is 15.5. The molecule has 1 N–H and O–H groups in total. The fraction of sp³-hybridized carbons (Fsp3) is 0.647. The van der Waals surface area contributed by atoms with Crippen LogP contribution in [-0.2, 0) is 22.6 Å². The number of hydrogen-bond donors (Lipinski definition) is 1. The Kier molecular flexibility index (Phi) is 6.51. The van der Waals surface area contributed by atoms with Crippen LogP contribution in [0.15, 0.2) is 24.3 Å². The summed E-state index contributed by atoms with van der Waals surface area (Å²) in [6.07, 6.45) is 2.41. The Morgan fingerprint density at radius 3 is 2.75 bits per heavy atom. The van der Waals surface area contributed by atoms with Crippen LogP contribution in [0.4, 0.5) is 0 Å². The summed E-state index contributed by atoms with van der Waals surface area (Å²) in [5.74, 6) is 0.690. The monoisotopic (exact) mass is 277 g/mol. The summed E-state index contributed by atoms with van der Waals surface area (Å²) in [6, 6.07) is 8.68. The molecule has 1 aliphatic rings. The largest absolute Gasteiger partial charge is 0.381 e. The SMILES string of the molecule is CC(C)CNCc1cccc(COC2CCOCC2)c1. The van der Waals surface area contributed by atoms with Crippen molar-refractivity contribution in [2.45, 2.75) is 45.9 Å². The van der Waals surface area contributed by atoms with Crippen LogP contribution in [0.25, 0.3) is 0 Å². The maximum atomic E-state index is 5.97. The summed E-state index contributed by atoms with van der Waals surface area (Å²) in [4.78, 5) is 0. The highest BCUT2D eigenvalue weighted by Crippen LogP contribution is 2.14. The molecular weight excluding hydrogens is 250 g/mol. The molecule has 1 fully saturated rings. The van der Waals surface area contributed by atoms with Crippen LogP contribution in [0.1, 0.15) is 37.8 Å². The molecule has 1 aliphatic heterocycles. The molecule has 1 aromatic rings. The minimum Gasteiger partial charge on any atom is -0.381 e. The van der Waals surface area contributed by atoms with Crippen LogP contribution in [0.5, 0.6) is 0 Å². The summed E-state index contributed by atoms with van der Waals surface area (Å²) in [5, 5.41) is 3.48. The van der Waals surface area contributed by atoms with Crippen LogP contribution < -0.4 is 5.32 Å². The quantitative estimate of drug-likeness (QED) is 0.830. The molecule has 3 heteroatoms. The van der Waals surface area contributed by atoms with Crippen molar-refractivity contribution in [2.75, 3.05) is 19.8 Å². The van der Waals surface area contributed by atoms with Gasteiger partial charge in [0.25, 0.3) is 0 Å². The van der Waals surface area contributed by atoms with Crippen LogP contribution in [0.2, 0.25) is 0 Å². The molecule has 112 valence electrons. The Labute approximate surface area is 122 Å². The average Bonchev–Trinajstić information content (AvgIpc) is 2.46. The first-order valence-corrected chi connectivity index (χ1v) is 7.72. The minimum atomic E-state index is 0.367. The fourth-order valence-corrected chi connectivity index (χ4v) is 2.39. The molecule has 0 saturated carbocycles. The standard InChI is InChI=1S/C17H27NO2/c1-14(2)11-18-12-15-4-3-5-16(10-15)13-20-17-6-8-19-9-7-17/h3-5,10,14,17-18H,6-9,11-13H2,1-2H3. The lowest BCUT2D eigenvalue weighted by atomic mass is 10.1. The molecule has 3 nitrogen and oxygen atoms in total. The van der Waals surface area contributed by atoms with E-state index < -0.39 is 0 Å². The van der Waals surface area contributed by atoms with E-state index >= 15 is 0 Å². The van der Waals surface area contributed by atoms with Gasteiger partial charge in [-0.1, -0.05) is 38.1 Å². The van der Waals surface area contributed by atoms with Crippen molar-refractivity contribution in [3.8, 4) is 0 Å². The van der Waals surface area contributed by atoms with Crippen molar-refractivity contribution in [3.63, 3.8) is 0 Å². The second-order valence-electron chi connectivity index (χ2n) is 5.97. The molecule has 0 unspecified atom stereocenters. The van der Waals surface area contributed by atoms with Crippen molar-refractivity contribution < 1.29 is 9.47 Å². The summed E-state index contributed by atoms with van der Waals surface area (Å²) in [7, 11) is 0. The smallest absolute Gasteiger partial charge is 0.0720 e. The molecule has 0 amide bonds. The lowest BCUT2D eigenvalue weighted by molar-refractivity contribution is -0.0390. The Morgan fingerprint density at radius 1 is 1.25 bits per heavy atom. The normalized spacial score (nSPS) is 16.8. The van der Waals surface area contributed by atoms with Crippen molar-refractivity contribution in [2.24, 2.45) is 5.92 Å². The molecule has 0 aliphatic carbocycles. The van der Waals surface area contributed by atoms with Crippen molar-refractivity contribution in [1.29, 1.82) is 0 Å². The number of rotatable bonds is 7. The van der Waals surface area contributed by atoms with Gasteiger partial charge in [-0.15, -0.1) is 0 Å². The predicted octanol–water partition coefficient (Wildman–Crippen LogP) is 3.13. The lowest BCUT2D eigenvalue weighted by Gasteiger charge is -2.22. The Morgan fingerprint density at radius 2 is 2.00 bits per heavy atom. The van der Waals surface area contributed by atoms with Crippen molar-refractivity contribution in [1.82, 2.24) is 5.32 Å². The molecule has 0 spiro atoms. The van der Waals surface area contributed by atoms with E-state index in [1.807, 2.05) is 0 Å². The van der Waals surface area contributed by atoms with E-state index in [4.69, 9.17) is 9.47 Å². The van der Waals surface area contributed by atoms with Gasteiger partial charge in [-0.05, 0) is 36.4 Å². The van der Waals surface area contributed by atoms with Crippen molar-refractivity contribution >= 4 is 0 Å². The van der Waals surface area contributed by atoms with Gasteiger partial charge in [0, 0.05) is 19.8 Å². The minimum absolute atomic E-state index is 0.367. The zero-order valence-corrected chi connectivity index (χ0v) is 12.7. The van der Waals surface area contributed by atoms with E-state index in [0.29, 0.717) is 18.6 Å². The molecule has 0 atom stereocenters. The molecule has 0 radical (unpaired) electrons. The maximum Gasteiger partial charge on any atom is 0.0720 e. The van der Waals surface area contributed by atoms with E-state index in [1.165, 1.54) is 11.1 Å². The highest BCUT2D eigenvalue weighted by Gasteiger charge is 2.13. The lowest BCUT2D eigenvalue weighted by Crippen LogP contribution is -2.23. The Hall–Kier alpha value is -0.900. The molecule has 1 saturated heterocycles. The van der Waals surface area contributed by atoms with Gasteiger partial charge < -0.3 is 14.8 Å². The number of benzene rings is 1. The zero-order valence-electron chi connectivity index (χ0n) is 12.7. The summed E-state index contributed by atoms with van der Waals surface area (Å²) >= 11 is 0. The summed E-state index contributed by atoms with van der Waals surface area (Å²) < 4.78 is 11.3. The molecule has 1 aromatic carbocycles. The van der Waals surface area contributed by atoms with E-state index in [-0.39, 0.29) is 0 Å². The highest BCUT2D eigenvalue weighted by atomic mass is 16.5. The van der Waals surface area contributed by atoms with Gasteiger partial charge in [-0.2, -0.15) is 0 Å². The van der Waals surface area contributed by atoms with Crippen LogP contribution >= 0.6 is 0 Å². The van der Waals surface area contributed by atoms with Crippen LogP contribution in [-0.4, -0.2) is 25.9 Å². The van der Waals surface area contributed by atoms with Gasteiger partial charge in [0.1, 0.15) is 0 Å². The molecular formula is C17H27NO2. The number of hydrogen-bond acceptors (Lipinski definition) is 3. The average molecular weight is 277 g/mol. The third-order valence-corrected chi connectivity index (χ3v) is 3.53. The van der Waals surface area contributed by atoms with Gasteiger partial charge in [0.2, 0.25) is 0 Å². The molecule has 0 aromatic heterocycles. The second kappa shape index (κ2) is 8.40. The van der Waals surface area contributed by atoms with Gasteiger partial charge >= 0.3 is 0 Å². The maximum absolute atomic E-state index is 5.97. The zero-order chi connectivity index (χ0) is 14.2. The number of ether oxygens (including phenoxy) is 2. The molecule has 0 bridgehead atoms. The summed E-state index contributed by atoms with van der Waals surface area (Å²) in [5.41, 5.74) is 2.60. The number of nitrogens with one attached hydrogen (secondary N) is 1. The Bertz CT molecular complexity index is 386. The summed E-state index contributed by atoms with van der Waals surface area (Å²) in [6.45, 7) is 8.83. The fourth-order valence-electron chi connectivity index (χ4n) is 2.39. The van der Waals surface area contributed by atoms with E-state index in [2.05, 4.69) is 43.4 Å². The Balaban J connectivity index is 1.76. The van der Waals surface area contributed by atoms with Gasteiger partial charge in [0.05, 0.1) is 12.7 Å². The topological polar surface area (TPSA) is 30.5 Å². The van der Waals surface area contributed by atoms with Gasteiger partial charge in [-0.25, -0.2) is 0 Å². The first-order valence-electron chi connectivity index (χ1n) is 7.72. The van der Waals surface area contributed by atoms with Crippen LogP contribution in [0, 0.1) is 5.92 Å². The van der Waals surface area contributed by atoms with E-state index in [9.17, 15) is 0 Å². The third kappa shape index (κ3) is 5.61. The van der Waals surface area contributed by atoms with E-state index in [0.717, 1.165) is 39.1 Å². The van der Waals surface area contributed by atoms with Gasteiger partial charge in [0.15, 0.2) is 0 Å². The molecule has 20 heavy (non-hydrogen) atoms. The second-order valence-corrected chi connectivity index (χ2v) is 5.97. The highest BCUT2D eigenvalue weighted by molar-refractivity contribution is 5.22. The molecule has 1 heterocycles. The molecule has 2 rings (SSSR count). The van der Waals surface area contributed by atoms with Crippen LogP contribution in [0.3, 0.4) is 0 Å². The van der Waals surface area contributed by atoms with Gasteiger partial charge in [-0.3, -0.25) is 0 Å². The predicted molar refractivity (Wildman–Crippen MR) is 81.6 cm³/mol. The first-order chi connectivity index (χ1) is 9.74. The third-order valence-electron chi connectivity index (χ3n) is 3.53. The van der Waals surface area contributed by atoms with Crippen molar-refractivity contribution in [3.05, 3.63) is 35.4 Å². The van der Waals surface area contributed by atoms with E-state index in [1.54, 1.807) is 0 Å².